The molecule has 0 bridgehead atoms. The zero-order valence-corrected chi connectivity index (χ0v) is 8.69. The van der Waals surface area contributed by atoms with Crippen molar-refractivity contribution in [2.45, 2.75) is 13.5 Å². The van der Waals surface area contributed by atoms with E-state index in [1.807, 2.05) is 13.0 Å². The summed E-state index contributed by atoms with van der Waals surface area (Å²) in [5, 5.41) is 2.68. The van der Waals surface area contributed by atoms with Crippen LogP contribution in [0.3, 0.4) is 0 Å². The van der Waals surface area contributed by atoms with E-state index in [0.29, 0.717) is 19.0 Å². The summed E-state index contributed by atoms with van der Waals surface area (Å²) in [5.74, 6) is 0.382. The summed E-state index contributed by atoms with van der Waals surface area (Å²) in [5.41, 5.74) is 0.948. The van der Waals surface area contributed by atoms with Crippen LogP contribution in [-0.4, -0.2) is 17.5 Å². The SMILES string of the molecule is C=CC(=O)NCc1ccnc(OCC)c1. The van der Waals surface area contributed by atoms with Crippen molar-refractivity contribution in [3.8, 4) is 5.88 Å². The van der Waals surface area contributed by atoms with E-state index in [0.717, 1.165) is 5.56 Å². The van der Waals surface area contributed by atoms with Gasteiger partial charge in [0, 0.05) is 18.8 Å². The van der Waals surface area contributed by atoms with Gasteiger partial charge in [-0.25, -0.2) is 4.98 Å². The molecular formula is C11H14N2O2. The van der Waals surface area contributed by atoms with Crippen LogP contribution in [0, 0.1) is 0 Å². The lowest BCUT2D eigenvalue weighted by molar-refractivity contribution is -0.116. The van der Waals surface area contributed by atoms with E-state index in [4.69, 9.17) is 4.74 Å². The topological polar surface area (TPSA) is 51.2 Å². The normalized spacial score (nSPS) is 9.40. The molecule has 4 nitrogen and oxygen atoms in total. The first-order valence-electron chi connectivity index (χ1n) is 4.74. The van der Waals surface area contributed by atoms with Crippen molar-refractivity contribution in [1.29, 1.82) is 0 Å². The van der Waals surface area contributed by atoms with E-state index in [2.05, 4.69) is 16.9 Å². The van der Waals surface area contributed by atoms with Gasteiger partial charge in [0.2, 0.25) is 11.8 Å². The molecule has 4 heteroatoms. The standard InChI is InChI=1S/C11H14N2O2/c1-3-10(14)13-8-9-5-6-12-11(7-9)15-4-2/h3,5-7H,1,4,8H2,2H3,(H,13,14). The van der Waals surface area contributed by atoms with E-state index in [-0.39, 0.29) is 5.91 Å². The van der Waals surface area contributed by atoms with Crippen LogP contribution in [0.5, 0.6) is 5.88 Å². The lowest BCUT2D eigenvalue weighted by Crippen LogP contribution is -2.19. The molecule has 15 heavy (non-hydrogen) atoms. The Hall–Kier alpha value is -1.84. The molecular weight excluding hydrogens is 192 g/mol. The van der Waals surface area contributed by atoms with Crippen LogP contribution >= 0.6 is 0 Å². The number of carbonyl (C=O) groups is 1. The van der Waals surface area contributed by atoms with Gasteiger partial charge in [-0.1, -0.05) is 6.58 Å². The lowest BCUT2D eigenvalue weighted by Gasteiger charge is -2.05. The Morgan fingerprint density at radius 3 is 3.20 bits per heavy atom. The molecule has 0 saturated carbocycles. The fourth-order valence-electron chi connectivity index (χ4n) is 1.05. The number of carbonyl (C=O) groups excluding carboxylic acids is 1. The van der Waals surface area contributed by atoms with Crippen molar-refractivity contribution < 1.29 is 9.53 Å². The van der Waals surface area contributed by atoms with Crippen LogP contribution in [0.1, 0.15) is 12.5 Å². The second-order valence-corrected chi connectivity index (χ2v) is 2.86. The number of nitrogens with zero attached hydrogens (tertiary/aromatic N) is 1. The first-order valence-corrected chi connectivity index (χ1v) is 4.74. The van der Waals surface area contributed by atoms with E-state index >= 15 is 0 Å². The Labute approximate surface area is 89.0 Å². The third kappa shape index (κ3) is 3.81. The van der Waals surface area contributed by atoms with E-state index < -0.39 is 0 Å². The predicted octanol–water partition coefficient (Wildman–Crippen LogP) is 1.28. The van der Waals surface area contributed by atoms with E-state index in [9.17, 15) is 4.79 Å². The number of hydrogen-bond acceptors (Lipinski definition) is 3. The zero-order valence-electron chi connectivity index (χ0n) is 8.69. The predicted molar refractivity (Wildman–Crippen MR) is 57.4 cm³/mol. The average Bonchev–Trinajstić information content (AvgIpc) is 2.27. The molecule has 1 heterocycles. The number of ether oxygens (including phenoxy) is 1. The highest BCUT2D eigenvalue weighted by Gasteiger charge is 1.98. The highest BCUT2D eigenvalue weighted by molar-refractivity contribution is 5.86. The largest absolute Gasteiger partial charge is 0.478 e. The summed E-state index contributed by atoms with van der Waals surface area (Å²) >= 11 is 0. The molecule has 1 amide bonds. The molecule has 1 aromatic heterocycles. The zero-order chi connectivity index (χ0) is 11.1. The Kier molecular flexibility index (Phi) is 4.34. The molecule has 0 aliphatic carbocycles. The van der Waals surface area contributed by atoms with Crippen molar-refractivity contribution in [2.75, 3.05) is 6.61 Å². The van der Waals surface area contributed by atoms with Gasteiger partial charge in [0.25, 0.3) is 0 Å². The molecule has 1 rings (SSSR count). The van der Waals surface area contributed by atoms with Gasteiger partial charge >= 0.3 is 0 Å². The van der Waals surface area contributed by atoms with Crippen LogP contribution in [0.15, 0.2) is 31.0 Å². The van der Waals surface area contributed by atoms with Gasteiger partial charge in [-0.05, 0) is 24.6 Å². The summed E-state index contributed by atoms with van der Waals surface area (Å²) in [4.78, 5) is 14.9. The number of pyridine rings is 1. The van der Waals surface area contributed by atoms with Crippen molar-refractivity contribution >= 4 is 5.91 Å². The number of nitrogens with one attached hydrogen (secondary N) is 1. The summed E-state index contributed by atoms with van der Waals surface area (Å²) in [6.07, 6.45) is 2.89. The second kappa shape index (κ2) is 5.80. The Balaban J connectivity index is 2.57. The van der Waals surface area contributed by atoms with Crippen LogP contribution in [0.4, 0.5) is 0 Å². The van der Waals surface area contributed by atoms with E-state index in [1.54, 1.807) is 12.3 Å². The lowest BCUT2D eigenvalue weighted by atomic mass is 10.2. The molecule has 0 aromatic carbocycles. The number of amides is 1. The summed E-state index contributed by atoms with van der Waals surface area (Å²) < 4.78 is 5.24. The molecule has 0 unspecified atom stereocenters. The monoisotopic (exact) mass is 206 g/mol. The molecule has 0 atom stereocenters. The number of aromatic nitrogens is 1. The average molecular weight is 206 g/mol. The van der Waals surface area contributed by atoms with Crippen LogP contribution < -0.4 is 10.1 Å². The fourth-order valence-corrected chi connectivity index (χ4v) is 1.05. The van der Waals surface area contributed by atoms with Crippen LogP contribution in [-0.2, 0) is 11.3 Å². The summed E-state index contributed by atoms with van der Waals surface area (Å²) in [7, 11) is 0. The molecule has 0 saturated heterocycles. The summed E-state index contributed by atoms with van der Waals surface area (Å²) in [6, 6.07) is 3.62. The van der Waals surface area contributed by atoms with E-state index in [1.165, 1.54) is 6.08 Å². The van der Waals surface area contributed by atoms with Gasteiger partial charge in [0.1, 0.15) is 0 Å². The van der Waals surface area contributed by atoms with Crippen molar-refractivity contribution in [2.24, 2.45) is 0 Å². The minimum atomic E-state index is -0.190. The quantitative estimate of drug-likeness (QED) is 0.738. The maximum absolute atomic E-state index is 10.9. The van der Waals surface area contributed by atoms with Crippen LogP contribution in [0.2, 0.25) is 0 Å². The third-order valence-corrected chi connectivity index (χ3v) is 1.74. The van der Waals surface area contributed by atoms with Crippen molar-refractivity contribution in [3.63, 3.8) is 0 Å². The third-order valence-electron chi connectivity index (χ3n) is 1.74. The molecule has 0 radical (unpaired) electrons. The molecule has 0 spiro atoms. The Morgan fingerprint density at radius 2 is 2.53 bits per heavy atom. The van der Waals surface area contributed by atoms with Gasteiger partial charge in [-0.3, -0.25) is 4.79 Å². The highest BCUT2D eigenvalue weighted by atomic mass is 16.5. The van der Waals surface area contributed by atoms with Gasteiger partial charge in [0.15, 0.2) is 0 Å². The number of rotatable bonds is 5. The fraction of sp³-hybridized carbons (Fsp3) is 0.273. The molecule has 1 N–H and O–H groups in total. The highest BCUT2D eigenvalue weighted by Crippen LogP contribution is 2.08. The maximum atomic E-state index is 10.9. The van der Waals surface area contributed by atoms with Gasteiger partial charge in [-0.15, -0.1) is 0 Å². The second-order valence-electron chi connectivity index (χ2n) is 2.86. The first kappa shape index (κ1) is 11.2. The molecule has 0 fully saturated rings. The molecule has 80 valence electrons. The summed E-state index contributed by atoms with van der Waals surface area (Å²) in [6.45, 7) is 6.30. The Bertz CT molecular complexity index is 350. The maximum Gasteiger partial charge on any atom is 0.243 e. The molecule has 0 aliphatic heterocycles. The van der Waals surface area contributed by atoms with Crippen LogP contribution in [0.25, 0.3) is 0 Å². The number of hydrogen-bond donors (Lipinski definition) is 1. The Morgan fingerprint density at radius 1 is 1.73 bits per heavy atom. The van der Waals surface area contributed by atoms with Crippen molar-refractivity contribution in [3.05, 3.63) is 36.5 Å². The minimum absolute atomic E-state index is 0.190. The minimum Gasteiger partial charge on any atom is -0.478 e. The van der Waals surface area contributed by atoms with Gasteiger partial charge in [0.05, 0.1) is 6.61 Å². The molecule has 1 aromatic rings. The van der Waals surface area contributed by atoms with Gasteiger partial charge in [-0.2, -0.15) is 0 Å². The van der Waals surface area contributed by atoms with Crippen molar-refractivity contribution in [1.82, 2.24) is 10.3 Å². The molecule has 0 aliphatic rings. The van der Waals surface area contributed by atoms with Gasteiger partial charge < -0.3 is 10.1 Å². The first-order chi connectivity index (χ1) is 7.26. The smallest absolute Gasteiger partial charge is 0.243 e.